The lowest BCUT2D eigenvalue weighted by atomic mass is 9.47. The van der Waals surface area contributed by atoms with E-state index in [-0.39, 0.29) is 35.0 Å². The summed E-state index contributed by atoms with van der Waals surface area (Å²) in [5.41, 5.74) is 0.203. The van der Waals surface area contributed by atoms with Crippen molar-refractivity contribution in [3.8, 4) is 0 Å². The van der Waals surface area contributed by atoms with Crippen LogP contribution in [0.3, 0.4) is 0 Å². The Morgan fingerprint density at radius 1 is 0.610 bits per heavy atom. The highest BCUT2D eigenvalue weighted by atomic mass is 79.9. The summed E-state index contributed by atoms with van der Waals surface area (Å²) in [6.07, 6.45) is 23.1. The Morgan fingerprint density at radius 3 is 1.63 bits per heavy atom. The first-order valence-electron chi connectivity index (χ1n) is 24.6. The molecule has 12 unspecified atom stereocenters. The lowest BCUT2D eigenvalue weighted by Gasteiger charge is -2.59. The topological polar surface area (TPSA) is 89.5 Å². The number of unbranched alkanes of at least 4 members (excludes halogenated alkanes) is 6. The number of rotatable bonds is 26. The molecule has 12 heteroatoms. The van der Waals surface area contributed by atoms with E-state index >= 15 is 0 Å². The smallest absolute Gasteiger partial charge is 0.331 e. The first-order valence-corrected chi connectivity index (χ1v) is 29.3. The Balaban J connectivity index is 1.57. The molecule has 59 heavy (non-hydrogen) atoms. The van der Waals surface area contributed by atoms with Gasteiger partial charge in [-0.05, 0) is 164 Å². The summed E-state index contributed by atoms with van der Waals surface area (Å²) in [7, 11) is -4.98. The quantitative estimate of drug-likeness (QED) is 0.0481. The van der Waals surface area contributed by atoms with Crippen molar-refractivity contribution < 1.29 is 36.9 Å². The maximum atomic E-state index is 14.9. The normalized spacial score (nSPS) is 36.4. The van der Waals surface area contributed by atoms with E-state index in [4.69, 9.17) is 27.6 Å². The van der Waals surface area contributed by atoms with Gasteiger partial charge in [0.05, 0.1) is 50.7 Å². The highest BCUT2D eigenvalue weighted by Gasteiger charge is 2.68. The minimum Gasteiger partial charge on any atom is -0.378 e. The first kappa shape index (κ1) is 51.0. The summed E-state index contributed by atoms with van der Waals surface area (Å²) in [4.78, 5) is 15.9. The van der Waals surface area contributed by atoms with Crippen molar-refractivity contribution in [2.45, 2.75) is 192 Å². The number of alkyl halides is 2. The van der Waals surface area contributed by atoms with Gasteiger partial charge >= 0.3 is 7.60 Å². The molecule has 5 aliphatic carbocycles. The van der Waals surface area contributed by atoms with Gasteiger partial charge in [-0.1, -0.05) is 84.2 Å². The SMILES string of the molecule is CCCCCCOC1CCC(C2(C3CCC(OCCCCCC)C(C(=O)P(OCC)OCC)C3)C3CC(Br)CCC3C3CCC(Br)CC32)CC1CP(=O)(OCC)OCC. The Kier molecular flexibility index (Phi) is 22.2. The molecule has 0 heterocycles. The molecule has 0 aliphatic heterocycles. The van der Waals surface area contributed by atoms with E-state index in [2.05, 4.69) is 45.7 Å². The molecule has 5 saturated carbocycles. The van der Waals surface area contributed by atoms with Crippen LogP contribution in [0.5, 0.6) is 0 Å². The molecule has 0 bridgehead atoms. The summed E-state index contributed by atoms with van der Waals surface area (Å²) in [5.74, 6) is 3.28. The summed E-state index contributed by atoms with van der Waals surface area (Å²) >= 11 is 8.44. The number of fused-ring (bicyclic) bond motifs is 3. The molecule has 0 N–H and O–H groups in total. The van der Waals surface area contributed by atoms with Gasteiger partial charge < -0.3 is 27.6 Å². The van der Waals surface area contributed by atoms with E-state index in [0.29, 0.717) is 84.4 Å². The summed E-state index contributed by atoms with van der Waals surface area (Å²) in [5, 5.41) is 0. The predicted octanol–water partition coefficient (Wildman–Crippen LogP) is 14.3. The van der Waals surface area contributed by atoms with Gasteiger partial charge in [0.25, 0.3) is 0 Å². The molecular weight excluding hydrogens is 914 g/mol. The standard InChI is InChI=1S/C47H84Br2O8P2/c1-7-13-15-17-27-52-44-25-19-35(29-34(44)33-59(51,56-11-5)57-12-6)47(42-31-37(48)21-23-39(42)40-24-22-38(49)32-43(40)47)36-20-26-45(53-28-18-16-14-8-2)41(30-36)46(50)58(54-9-3)55-10-4/h34-45H,7-33H2,1-6H3. The Bertz CT molecular complexity index is 1240. The van der Waals surface area contributed by atoms with Crippen molar-refractivity contribution in [2.75, 3.05) is 45.8 Å². The number of carbonyl (C=O) groups excluding carboxylic acids is 1. The molecule has 8 nitrogen and oxygen atoms in total. The molecule has 0 saturated heterocycles. The minimum atomic E-state index is -3.32. The van der Waals surface area contributed by atoms with Crippen LogP contribution in [0, 0.1) is 52.8 Å². The number of hydrogen-bond acceptors (Lipinski definition) is 8. The lowest BCUT2D eigenvalue weighted by Crippen LogP contribution is -2.54. The van der Waals surface area contributed by atoms with Crippen LogP contribution in [0.2, 0.25) is 0 Å². The Morgan fingerprint density at radius 2 is 1.12 bits per heavy atom. The summed E-state index contributed by atoms with van der Waals surface area (Å²) in [6, 6.07) is 0. The van der Waals surface area contributed by atoms with Gasteiger partial charge in [0.2, 0.25) is 13.9 Å². The zero-order valence-corrected chi connectivity index (χ0v) is 42.9. The maximum Gasteiger partial charge on any atom is 0.331 e. The van der Waals surface area contributed by atoms with Gasteiger partial charge in [0.15, 0.2) is 0 Å². The van der Waals surface area contributed by atoms with Crippen LogP contribution in [0.25, 0.3) is 0 Å². The summed E-state index contributed by atoms with van der Waals surface area (Å²) in [6.45, 7) is 15.4. The van der Waals surface area contributed by atoms with E-state index in [1.807, 2.05) is 27.7 Å². The van der Waals surface area contributed by atoms with Crippen LogP contribution < -0.4 is 0 Å². The molecule has 344 valence electrons. The fraction of sp³-hybridized carbons (Fsp3) is 0.979. The highest BCUT2D eigenvalue weighted by molar-refractivity contribution is 9.09. The number of carbonyl (C=O) groups is 1. The minimum absolute atomic E-state index is 0.0461. The fourth-order valence-electron chi connectivity index (χ4n) is 13.3. The van der Waals surface area contributed by atoms with E-state index in [0.717, 1.165) is 64.4 Å². The Labute approximate surface area is 378 Å². The first-order chi connectivity index (χ1) is 28.6. The van der Waals surface area contributed by atoms with Crippen LogP contribution in [-0.2, 0) is 36.9 Å². The van der Waals surface area contributed by atoms with Crippen LogP contribution in [0.1, 0.15) is 170 Å². The van der Waals surface area contributed by atoms with Gasteiger partial charge in [0.1, 0.15) is 0 Å². The second-order valence-corrected chi connectivity index (χ2v) is 24.9. The van der Waals surface area contributed by atoms with Gasteiger partial charge in [-0.25, -0.2) is 0 Å². The highest BCUT2D eigenvalue weighted by Crippen LogP contribution is 2.73. The van der Waals surface area contributed by atoms with Crippen LogP contribution in [0.15, 0.2) is 0 Å². The second kappa shape index (κ2) is 25.7. The van der Waals surface area contributed by atoms with Crippen molar-refractivity contribution >= 4 is 53.4 Å². The summed E-state index contributed by atoms with van der Waals surface area (Å²) < 4.78 is 52.5. The number of halogens is 2. The molecule has 0 aromatic heterocycles. The van der Waals surface area contributed by atoms with Gasteiger partial charge in [-0.15, -0.1) is 0 Å². The van der Waals surface area contributed by atoms with Crippen LogP contribution >= 0.6 is 47.8 Å². The van der Waals surface area contributed by atoms with Crippen molar-refractivity contribution in [3.63, 3.8) is 0 Å². The van der Waals surface area contributed by atoms with Gasteiger partial charge in [-0.2, -0.15) is 0 Å². The van der Waals surface area contributed by atoms with Crippen molar-refractivity contribution in [2.24, 2.45) is 52.8 Å². The molecule has 5 fully saturated rings. The average molecular weight is 999 g/mol. The predicted molar refractivity (Wildman–Crippen MR) is 250 cm³/mol. The van der Waals surface area contributed by atoms with Crippen molar-refractivity contribution in [3.05, 3.63) is 0 Å². The van der Waals surface area contributed by atoms with Crippen LogP contribution in [-0.4, -0.2) is 73.2 Å². The molecule has 0 spiro atoms. The largest absolute Gasteiger partial charge is 0.378 e. The molecule has 12 atom stereocenters. The van der Waals surface area contributed by atoms with Crippen molar-refractivity contribution in [1.29, 1.82) is 0 Å². The monoisotopic (exact) mass is 996 g/mol. The second-order valence-electron chi connectivity index (χ2n) is 18.7. The fourth-order valence-corrected chi connectivity index (χ4v) is 18.0. The molecular formula is C47H84Br2O8P2. The van der Waals surface area contributed by atoms with E-state index < -0.39 is 16.0 Å². The third-order valence-electron chi connectivity index (χ3n) is 15.4. The molecule has 0 aromatic rings. The molecule has 0 radical (unpaired) electrons. The van der Waals surface area contributed by atoms with Crippen molar-refractivity contribution in [1.82, 2.24) is 0 Å². The molecule has 0 amide bonds. The average Bonchev–Trinajstić information content (AvgIpc) is 3.50. The van der Waals surface area contributed by atoms with Crippen LogP contribution in [0.4, 0.5) is 0 Å². The Hall–Kier alpha value is 1.05. The number of ether oxygens (including phenoxy) is 2. The van der Waals surface area contributed by atoms with E-state index in [1.54, 1.807) is 0 Å². The zero-order valence-electron chi connectivity index (χ0n) is 37.9. The number of hydrogen-bond donors (Lipinski definition) is 0. The molecule has 5 rings (SSSR count). The van der Waals surface area contributed by atoms with Gasteiger partial charge in [-0.3, -0.25) is 9.36 Å². The molecule has 0 aromatic carbocycles. The zero-order chi connectivity index (χ0) is 42.4. The third kappa shape index (κ3) is 12.9. The lowest BCUT2D eigenvalue weighted by molar-refractivity contribution is -0.139. The third-order valence-corrected chi connectivity index (χ3v) is 20.9. The van der Waals surface area contributed by atoms with E-state index in [1.165, 1.54) is 70.6 Å². The van der Waals surface area contributed by atoms with E-state index in [9.17, 15) is 9.36 Å². The maximum absolute atomic E-state index is 14.9. The van der Waals surface area contributed by atoms with Gasteiger partial charge in [0, 0.05) is 22.9 Å². The molecule has 5 aliphatic rings.